The van der Waals surface area contributed by atoms with Crippen LogP contribution in [0.3, 0.4) is 0 Å². The molecule has 264 valence electrons. The van der Waals surface area contributed by atoms with E-state index in [9.17, 15) is 0 Å². The highest BCUT2D eigenvalue weighted by atomic mass is 16.3. The summed E-state index contributed by atoms with van der Waals surface area (Å²) in [4.78, 5) is 0. The predicted octanol–water partition coefficient (Wildman–Crippen LogP) is 16.0. The van der Waals surface area contributed by atoms with E-state index < -0.39 is 0 Å². The molecule has 12 rings (SSSR count). The fourth-order valence-electron chi connectivity index (χ4n) is 9.47. The van der Waals surface area contributed by atoms with E-state index in [1.165, 1.54) is 98.4 Å². The summed E-state index contributed by atoms with van der Waals surface area (Å²) in [7, 11) is 0. The SMILES string of the molecule is c1cc(-c2ccc3oc4ccccc4c3c2)cc(-c2c3ccccc3c(-c3cccc(-c4cc5ccc6ccccc6c5c5ccccc45)c3)c3ccccc23)c1. The second-order valence-corrected chi connectivity index (χ2v) is 15.2. The highest BCUT2D eigenvalue weighted by Gasteiger charge is 2.19. The fraction of sp³-hybridized carbons (Fsp3) is 0. The zero-order valence-corrected chi connectivity index (χ0v) is 31.0. The number of hydrogen-bond acceptors (Lipinski definition) is 1. The molecule has 1 aromatic heterocycles. The van der Waals surface area contributed by atoms with Crippen LogP contribution in [-0.4, -0.2) is 0 Å². The Hall–Kier alpha value is -7.48. The predicted molar refractivity (Wildman–Crippen MR) is 243 cm³/mol. The largest absolute Gasteiger partial charge is 0.456 e. The Kier molecular flexibility index (Phi) is 7.00. The second kappa shape index (κ2) is 12.5. The van der Waals surface area contributed by atoms with Crippen LogP contribution in [0.25, 0.3) is 120 Å². The van der Waals surface area contributed by atoms with Gasteiger partial charge in [0, 0.05) is 10.8 Å². The molecule has 11 aromatic carbocycles. The first-order valence-corrected chi connectivity index (χ1v) is 19.7. The summed E-state index contributed by atoms with van der Waals surface area (Å²) in [5.41, 5.74) is 11.6. The van der Waals surface area contributed by atoms with Crippen molar-refractivity contribution in [2.45, 2.75) is 0 Å². The lowest BCUT2D eigenvalue weighted by molar-refractivity contribution is 0.669. The Balaban J connectivity index is 1.05. The van der Waals surface area contributed by atoms with Crippen LogP contribution in [-0.2, 0) is 0 Å². The van der Waals surface area contributed by atoms with Crippen molar-refractivity contribution in [2.75, 3.05) is 0 Å². The van der Waals surface area contributed by atoms with Gasteiger partial charge in [0.1, 0.15) is 11.2 Å². The molecule has 0 N–H and O–H groups in total. The van der Waals surface area contributed by atoms with E-state index in [4.69, 9.17) is 4.42 Å². The summed E-state index contributed by atoms with van der Waals surface area (Å²) in [6.07, 6.45) is 0. The minimum Gasteiger partial charge on any atom is -0.456 e. The summed E-state index contributed by atoms with van der Waals surface area (Å²) in [5, 5.41) is 14.9. The van der Waals surface area contributed by atoms with Gasteiger partial charge < -0.3 is 4.42 Å². The molecule has 12 aromatic rings. The van der Waals surface area contributed by atoms with Gasteiger partial charge in [-0.3, -0.25) is 0 Å². The molecule has 57 heavy (non-hydrogen) atoms. The summed E-state index contributed by atoms with van der Waals surface area (Å²) >= 11 is 0. The van der Waals surface area contributed by atoms with Crippen LogP contribution in [0.2, 0.25) is 0 Å². The average molecular weight is 723 g/mol. The van der Waals surface area contributed by atoms with Crippen LogP contribution in [0.4, 0.5) is 0 Å². The zero-order chi connectivity index (χ0) is 37.5. The lowest BCUT2D eigenvalue weighted by Gasteiger charge is -2.19. The topological polar surface area (TPSA) is 13.1 Å². The monoisotopic (exact) mass is 722 g/mol. The van der Waals surface area contributed by atoms with Crippen LogP contribution in [0.15, 0.2) is 211 Å². The summed E-state index contributed by atoms with van der Waals surface area (Å²) in [5.74, 6) is 0. The normalized spacial score (nSPS) is 11.9. The van der Waals surface area contributed by atoms with Gasteiger partial charge in [-0.05, 0) is 135 Å². The molecule has 0 bridgehead atoms. The van der Waals surface area contributed by atoms with Gasteiger partial charge in [0.2, 0.25) is 0 Å². The van der Waals surface area contributed by atoms with Crippen LogP contribution in [0, 0.1) is 0 Å². The number of hydrogen-bond donors (Lipinski definition) is 0. The molecule has 1 heterocycles. The van der Waals surface area contributed by atoms with Gasteiger partial charge in [0.05, 0.1) is 0 Å². The van der Waals surface area contributed by atoms with Crippen molar-refractivity contribution in [2.24, 2.45) is 0 Å². The van der Waals surface area contributed by atoms with Gasteiger partial charge in [0.15, 0.2) is 0 Å². The van der Waals surface area contributed by atoms with E-state index in [0.29, 0.717) is 0 Å². The standard InChI is InChI=1S/C56H34O/c1-2-18-42-35(13-1)27-28-41-34-50(43-19-3-4-21-45(43)54(41)42)38-15-12-17-40(32-38)56-48-24-7-5-22-46(48)55(47-23-6-8-25-49(47)56)39-16-11-14-36(31-39)37-29-30-53-51(33-37)44-20-9-10-26-52(44)57-53/h1-34H. The molecule has 0 fully saturated rings. The fourth-order valence-corrected chi connectivity index (χ4v) is 9.47. The molecule has 0 spiro atoms. The second-order valence-electron chi connectivity index (χ2n) is 15.2. The lowest BCUT2D eigenvalue weighted by atomic mass is 9.84. The molecule has 0 saturated heterocycles. The quantitative estimate of drug-likeness (QED) is 0.130. The summed E-state index contributed by atoms with van der Waals surface area (Å²) < 4.78 is 6.16. The first kappa shape index (κ1) is 31.8. The molecule has 0 atom stereocenters. The summed E-state index contributed by atoms with van der Waals surface area (Å²) in [6.45, 7) is 0. The third-order valence-electron chi connectivity index (χ3n) is 12.0. The molecule has 0 unspecified atom stereocenters. The molecule has 0 aliphatic rings. The number of rotatable bonds is 4. The third kappa shape index (κ3) is 4.96. The van der Waals surface area contributed by atoms with Crippen LogP contribution >= 0.6 is 0 Å². The maximum atomic E-state index is 6.16. The van der Waals surface area contributed by atoms with E-state index in [-0.39, 0.29) is 0 Å². The molecule has 1 heteroatoms. The van der Waals surface area contributed by atoms with Gasteiger partial charge in [-0.15, -0.1) is 0 Å². The average Bonchev–Trinajstić information content (AvgIpc) is 3.66. The van der Waals surface area contributed by atoms with E-state index in [1.807, 2.05) is 12.1 Å². The molecular weight excluding hydrogens is 689 g/mol. The highest BCUT2D eigenvalue weighted by Crippen LogP contribution is 2.46. The van der Waals surface area contributed by atoms with Crippen molar-refractivity contribution in [1.82, 2.24) is 0 Å². The van der Waals surface area contributed by atoms with Crippen LogP contribution in [0.1, 0.15) is 0 Å². The Morgan fingerprint density at radius 3 is 1.44 bits per heavy atom. The Bertz CT molecular complexity index is 3530. The smallest absolute Gasteiger partial charge is 0.135 e. The number of benzene rings is 11. The van der Waals surface area contributed by atoms with Crippen molar-refractivity contribution >= 4 is 75.8 Å². The number of furan rings is 1. The van der Waals surface area contributed by atoms with Gasteiger partial charge in [-0.25, -0.2) is 0 Å². The van der Waals surface area contributed by atoms with Gasteiger partial charge in [-0.2, -0.15) is 0 Å². The van der Waals surface area contributed by atoms with Gasteiger partial charge in [-0.1, -0.05) is 170 Å². The minimum atomic E-state index is 0.912. The Labute approximate surface area is 329 Å². The van der Waals surface area contributed by atoms with Crippen molar-refractivity contribution in [1.29, 1.82) is 0 Å². The van der Waals surface area contributed by atoms with Crippen molar-refractivity contribution in [3.8, 4) is 44.5 Å². The maximum Gasteiger partial charge on any atom is 0.135 e. The van der Waals surface area contributed by atoms with Crippen molar-refractivity contribution in [3.63, 3.8) is 0 Å². The summed E-state index contributed by atoms with van der Waals surface area (Å²) in [6, 6.07) is 75.5. The zero-order valence-electron chi connectivity index (χ0n) is 31.0. The Morgan fingerprint density at radius 1 is 0.246 bits per heavy atom. The number of fused-ring (bicyclic) bond motifs is 10. The van der Waals surface area contributed by atoms with Crippen LogP contribution in [0.5, 0.6) is 0 Å². The molecule has 0 aliphatic heterocycles. The van der Waals surface area contributed by atoms with Crippen molar-refractivity contribution < 1.29 is 4.42 Å². The minimum absolute atomic E-state index is 0.912. The van der Waals surface area contributed by atoms with Gasteiger partial charge >= 0.3 is 0 Å². The lowest BCUT2D eigenvalue weighted by Crippen LogP contribution is -1.92. The van der Waals surface area contributed by atoms with Gasteiger partial charge in [0.25, 0.3) is 0 Å². The van der Waals surface area contributed by atoms with Crippen molar-refractivity contribution in [3.05, 3.63) is 206 Å². The van der Waals surface area contributed by atoms with Crippen LogP contribution < -0.4 is 0 Å². The highest BCUT2D eigenvalue weighted by molar-refractivity contribution is 6.24. The molecule has 0 amide bonds. The van der Waals surface area contributed by atoms with E-state index in [1.54, 1.807) is 0 Å². The molecular formula is C56H34O. The van der Waals surface area contributed by atoms with E-state index in [0.717, 1.165) is 21.9 Å². The third-order valence-corrected chi connectivity index (χ3v) is 12.0. The molecule has 0 aliphatic carbocycles. The first-order valence-electron chi connectivity index (χ1n) is 19.7. The van der Waals surface area contributed by atoms with E-state index >= 15 is 0 Å². The first-order chi connectivity index (χ1) is 28.3. The number of para-hydroxylation sites is 1. The molecule has 1 nitrogen and oxygen atoms in total. The maximum absolute atomic E-state index is 6.16. The molecule has 0 saturated carbocycles. The molecule has 0 radical (unpaired) electrons. The Morgan fingerprint density at radius 2 is 0.737 bits per heavy atom. The van der Waals surface area contributed by atoms with E-state index in [2.05, 4.69) is 194 Å².